The maximum atomic E-state index is 5.74. The largest absolute Gasteiger partial charge is 0.330 e. The van der Waals surface area contributed by atoms with E-state index in [1.54, 1.807) is 0 Å². The molecule has 2 N–H and O–H groups in total. The lowest BCUT2D eigenvalue weighted by Crippen LogP contribution is -2.46. The average molecular weight is 210 g/mol. The van der Waals surface area contributed by atoms with E-state index in [1.807, 2.05) is 0 Å². The van der Waals surface area contributed by atoms with Gasteiger partial charge in [-0.15, -0.1) is 0 Å². The molecule has 2 heteroatoms. The van der Waals surface area contributed by atoms with E-state index in [-0.39, 0.29) is 0 Å². The molecule has 15 heavy (non-hydrogen) atoms. The van der Waals surface area contributed by atoms with Gasteiger partial charge in [0.15, 0.2) is 0 Å². The van der Waals surface area contributed by atoms with Crippen molar-refractivity contribution in [2.75, 3.05) is 19.6 Å². The normalized spacial score (nSPS) is 33.4. The van der Waals surface area contributed by atoms with E-state index in [4.69, 9.17) is 5.73 Å². The van der Waals surface area contributed by atoms with Gasteiger partial charge in [0, 0.05) is 6.04 Å². The minimum absolute atomic E-state index is 0.551. The Morgan fingerprint density at radius 2 is 1.87 bits per heavy atom. The van der Waals surface area contributed by atoms with Crippen LogP contribution in [0.2, 0.25) is 0 Å². The Hall–Kier alpha value is -0.0800. The maximum Gasteiger partial charge on any atom is 0.0146 e. The van der Waals surface area contributed by atoms with Gasteiger partial charge >= 0.3 is 0 Å². The van der Waals surface area contributed by atoms with Crippen molar-refractivity contribution in [2.24, 2.45) is 17.1 Å². The van der Waals surface area contributed by atoms with Crippen LogP contribution in [0.15, 0.2) is 0 Å². The van der Waals surface area contributed by atoms with Gasteiger partial charge < -0.3 is 5.73 Å². The van der Waals surface area contributed by atoms with Crippen LogP contribution in [-0.2, 0) is 0 Å². The molecule has 0 aromatic carbocycles. The molecule has 0 aromatic rings. The highest BCUT2D eigenvalue weighted by Gasteiger charge is 2.39. The van der Waals surface area contributed by atoms with Gasteiger partial charge in [-0.1, -0.05) is 20.3 Å². The third-order valence-corrected chi connectivity index (χ3v) is 4.62. The second kappa shape index (κ2) is 4.42. The number of nitrogens with two attached hydrogens (primary N) is 1. The first kappa shape index (κ1) is 11.4. The molecular weight excluding hydrogens is 184 g/mol. The summed E-state index contributed by atoms with van der Waals surface area (Å²) >= 11 is 0. The van der Waals surface area contributed by atoms with Gasteiger partial charge in [0.25, 0.3) is 0 Å². The Bertz CT molecular complexity index is 205. The van der Waals surface area contributed by atoms with Crippen molar-refractivity contribution >= 4 is 0 Å². The number of rotatable bonds is 2. The third-order valence-electron chi connectivity index (χ3n) is 4.62. The van der Waals surface area contributed by atoms with Crippen molar-refractivity contribution in [3.63, 3.8) is 0 Å². The van der Waals surface area contributed by atoms with Crippen molar-refractivity contribution in [1.29, 1.82) is 0 Å². The fraction of sp³-hybridized carbons (Fsp3) is 1.00. The molecule has 1 aliphatic heterocycles. The highest BCUT2D eigenvalue weighted by molar-refractivity contribution is 4.93. The van der Waals surface area contributed by atoms with Crippen LogP contribution in [0.25, 0.3) is 0 Å². The molecule has 1 unspecified atom stereocenters. The zero-order valence-corrected chi connectivity index (χ0v) is 10.3. The Labute approximate surface area is 94.2 Å². The predicted octanol–water partition coefficient (Wildman–Crippen LogP) is 2.24. The van der Waals surface area contributed by atoms with Crippen LogP contribution in [0.5, 0.6) is 0 Å². The van der Waals surface area contributed by atoms with Crippen molar-refractivity contribution in [3.8, 4) is 0 Å². The summed E-state index contributed by atoms with van der Waals surface area (Å²) in [6.45, 7) is 8.35. The van der Waals surface area contributed by atoms with Gasteiger partial charge in [0.05, 0.1) is 0 Å². The van der Waals surface area contributed by atoms with Crippen molar-refractivity contribution in [1.82, 2.24) is 4.90 Å². The Morgan fingerprint density at radius 3 is 2.33 bits per heavy atom. The molecule has 0 bridgehead atoms. The fourth-order valence-electron chi connectivity index (χ4n) is 3.49. The van der Waals surface area contributed by atoms with Gasteiger partial charge in [-0.05, 0) is 56.7 Å². The monoisotopic (exact) mass is 210 g/mol. The zero-order valence-electron chi connectivity index (χ0n) is 10.3. The zero-order chi connectivity index (χ0) is 10.9. The van der Waals surface area contributed by atoms with Gasteiger partial charge in [-0.3, -0.25) is 4.90 Å². The summed E-state index contributed by atoms with van der Waals surface area (Å²) in [5.41, 5.74) is 6.29. The molecule has 1 atom stereocenters. The van der Waals surface area contributed by atoms with Crippen molar-refractivity contribution < 1.29 is 0 Å². The SMILES string of the molecule is CC1(C)CCCC1N1CCC(CN)CC1. The summed E-state index contributed by atoms with van der Waals surface area (Å²) in [6.07, 6.45) is 6.90. The molecule has 2 nitrogen and oxygen atoms in total. The number of likely N-dealkylation sites (tertiary alicyclic amines) is 1. The molecule has 0 radical (unpaired) electrons. The van der Waals surface area contributed by atoms with Crippen LogP contribution >= 0.6 is 0 Å². The standard InChI is InChI=1S/C13H26N2/c1-13(2)7-3-4-12(13)15-8-5-11(10-14)6-9-15/h11-12H,3-10,14H2,1-2H3. The lowest BCUT2D eigenvalue weighted by molar-refractivity contribution is 0.0764. The molecule has 2 fully saturated rings. The van der Waals surface area contributed by atoms with Crippen LogP contribution < -0.4 is 5.73 Å². The lowest BCUT2D eigenvalue weighted by Gasteiger charge is -2.41. The topological polar surface area (TPSA) is 29.3 Å². The Kier molecular flexibility index (Phi) is 3.36. The molecule has 88 valence electrons. The summed E-state index contributed by atoms with van der Waals surface area (Å²) in [7, 11) is 0. The van der Waals surface area contributed by atoms with E-state index in [0.29, 0.717) is 5.41 Å². The molecular formula is C13H26N2. The van der Waals surface area contributed by atoms with E-state index in [2.05, 4.69) is 18.7 Å². The van der Waals surface area contributed by atoms with E-state index in [9.17, 15) is 0 Å². The van der Waals surface area contributed by atoms with Crippen LogP contribution in [0.4, 0.5) is 0 Å². The van der Waals surface area contributed by atoms with Gasteiger partial charge in [-0.25, -0.2) is 0 Å². The quantitative estimate of drug-likeness (QED) is 0.757. The molecule has 0 spiro atoms. The molecule has 1 saturated heterocycles. The Balaban J connectivity index is 1.90. The smallest absolute Gasteiger partial charge is 0.0146 e. The molecule has 1 heterocycles. The first-order valence-electron chi connectivity index (χ1n) is 6.57. The van der Waals surface area contributed by atoms with Crippen LogP contribution in [-0.4, -0.2) is 30.6 Å². The summed E-state index contributed by atoms with van der Waals surface area (Å²) < 4.78 is 0. The second-order valence-corrected chi connectivity index (χ2v) is 6.11. The predicted molar refractivity (Wildman–Crippen MR) is 64.8 cm³/mol. The number of nitrogens with zero attached hydrogens (tertiary/aromatic N) is 1. The van der Waals surface area contributed by atoms with E-state index in [0.717, 1.165) is 18.5 Å². The second-order valence-electron chi connectivity index (χ2n) is 6.11. The van der Waals surface area contributed by atoms with Crippen molar-refractivity contribution in [2.45, 2.75) is 52.0 Å². The fourth-order valence-corrected chi connectivity index (χ4v) is 3.49. The minimum atomic E-state index is 0.551. The Morgan fingerprint density at radius 1 is 1.20 bits per heavy atom. The third kappa shape index (κ3) is 2.36. The molecule has 0 amide bonds. The maximum absolute atomic E-state index is 5.74. The highest BCUT2D eigenvalue weighted by Crippen LogP contribution is 2.41. The lowest BCUT2D eigenvalue weighted by atomic mass is 9.84. The van der Waals surface area contributed by atoms with Crippen LogP contribution in [0, 0.1) is 11.3 Å². The minimum Gasteiger partial charge on any atom is -0.330 e. The molecule has 2 rings (SSSR count). The molecule has 0 aromatic heterocycles. The molecule has 1 saturated carbocycles. The van der Waals surface area contributed by atoms with Gasteiger partial charge in [-0.2, -0.15) is 0 Å². The summed E-state index contributed by atoms with van der Waals surface area (Å²) in [5.74, 6) is 0.797. The number of hydrogen-bond acceptors (Lipinski definition) is 2. The van der Waals surface area contributed by atoms with E-state index in [1.165, 1.54) is 45.2 Å². The van der Waals surface area contributed by atoms with Crippen molar-refractivity contribution in [3.05, 3.63) is 0 Å². The van der Waals surface area contributed by atoms with Gasteiger partial charge in [0.1, 0.15) is 0 Å². The van der Waals surface area contributed by atoms with Crippen LogP contribution in [0.3, 0.4) is 0 Å². The average Bonchev–Trinajstić information content (AvgIpc) is 2.58. The summed E-state index contributed by atoms with van der Waals surface area (Å²) in [5, 5.41) is 0. The highest BCUT2D eigenvalue weighted by atomic mass is 15.2. The number of hydrogen-bond donors (Lipinski definition) is 1. The summed E-state index contributed by atoms with van der Waals surface area (Å²) in [4.78, 5) is 2.74. The molecule has 2 aliphatic rings. The van der Waals surface area contributed by atoms with E-state index < -0.39 is 0 Å². The number of piperidine rings is 1. The van der Waals surface area contributed by atoms with Crippen LogP contribution in [0.1, 0.15) is 46.0 Å². The van der Waals surface area contributed by atoms with Gasteiger partial charge in [0.2, 0.25) is 0 Å². The first-order chi connectivity index (χ1) is 7.13. The van der Waals surface area contributed by atoms with E-state index >= 15 is 0 Å². The first-order valence-corrected chi connectivity index (χ1v) is 6.57. The summed E-state index contributed by atoms with van der Waals surface area (Å²) in [6, 6.07) is 0.844. The molecule has 1 aliphatic carbocycles.